The molecule has 2 N–H and O–H groups in total. The van der Waals surface area contributed by atoms with Crippen LogP contribution in [0.2, 0.25) is 0 Å². The summed E-state index contributed by atoms with van der Waals surface area (Å²) in [5.41, 5.74) is 8.71. The van der Waals surface area contributed by atoms with Gasteiger partial charge >= 0.3 is 0 Å². The molecule has 0 saturated carbocycles. The van der Waals surface area contributed by atoms with Gasteiger partial charge in [-0.1, -0.05) is 40.5 Å². The van der Waals surface area contributed by atoms with Crippen molar-refractivity contribution in [2.75, 3.05) is 5.73 Å². The highest BCUT2D eigenvalue weighted by Crippen LogP contribution is 2.31. The summed E-state index contributed by atoms with van der Waals surface area (Å²) in [5, 5.41) is 4.68. The summed E-state index contributed by atoms with van der Waals surface area (Å²) in [6.45, 7) is 8.98. The zero-order chi connectivity index (χ0) is 13.7. The fourth-order valence-corrected chi connectivity index (χ4v) is 2.53. The second kappa shape index (κ2) is 6.81. The van der Waals surface area contributed by atoms with Crippen LogP contribution < -0.4 is 5.73 Å². The van der Waals surface area contributed by atoms with Gasteiger partial charge in [0.05, 0.1) is 5.69 Å². The minimum absolute atomic E-state index is 0.571. The number of aryl methyl sites for hydroxylation is 1. The third kappa shape index (κ3) is 3.50. The fraction of sp³-hybridized carbons (Fsp3) is 0.800. The van der Waals surface area contributed by atoms with E-state index in [0.717, 1.165) is 18.7 Å². The van der Waals surface area contributed by atoms with Crippen molar-refractivity contribution in [3.05, 3.63) is 11.3 Å². The number of nitrogens with zero attached hydrogens (tertiary/aromatic N) is 2. The van der Waals surface area contributed by atoms with Crippen molar-refractivity contribution in [3.63, 3.8) is 0 Å². The van der Waals surface area contributed by atoms with Gasteiger partial charge < -0.3 is 5.73 Å². The van der Waals surface area contributed by atoms with Crippen molar-refractivity contribution in [1.82, 2.24) is 9.78 Å². The predicted octanol–water partition coefficient (Wildman–Crippen LogP) is 3.88. The van der Waals surface area contributed by atoms with E-state index in [-0.39, 0.29) is 0 Å². The van der Waals surface area contributed by atoms with Crippen LogP contribution in [0.4, 0.5) is 5.82 Å². The fourth-order valence-electron chi connectivity index (χ4n) is 2.53. The van der Waals surface area contributed by atoms with E-state index < -0.39 is 0 Å². The first-order valence-electron chi connectivity index (χ1n) is 7.32. The number of nitrogen functional groups attached to an aromatic ring is 1. The Kier molecular flexibility index (Phi) is 5.70. The topological polar surface area (TPSA) is 43.8 Å². The molecule has 1 unspecified atom stereocenters. The van der Waals surface area contributed by atoms with Gasteiger partial charge in [0.25, 0.3) is 0 Å². The standard InChI is InChI=1S/C15H29N3/c1-6-8-9-12(7-2)14-13(10-11(3)4)15(16)18(5)17-14/h11-12H,6-10,16H2,1-5H3. The average molecular weight is 251 g/mol. The number of hydrogen-bond acceptors (Lipinski definition) is 2. The lowest BCUT2D eigenvalue weighted by Gasteiger charge is -2.15. The molecule has 1 aromatic rings. The van der Waals surface area contributed by atoms with E-state index in [1.165, 1.54) is 30.5 Å². The lowest BCUT2D eigenvalue weighted by molar-refractivity contribution is 0.540. The highest BCUT2D eigenvalue weighted by atomic mass is 15.3. The van der Waals surface area contributed by atoms with E-state index in [0.29, 0.717) is 11.8 Å². The molecule has 0 aliphatic rings. The molecule has 0 aromatic carbocycles. The van der Waals surface area contributed by atoms with Gasteiger partial charge in [-0.3, -0.25) is 4.68 Å². The summed E-state index contributed by atoms with van der Waals surface area (Å²) in [5.74, 6) is 2.05. The molecule has 0 aliphatic heterocycles. The van der Waals surface area contributed by atoms with Crippen LogP contribution in [0.15, 0.2) is 0 Å². The maximum absolute atomic E-state index is 6.17. The van der Waals surface area contributed by atoms with E-state index >= 15 is 0 Å². The number of unbranched alkanes of at least 4 members (excludes halogenated alkanes) is 1. The van der Waals surface area contributed by atoms with Crippen LogP contribution in [0, 0.1) is 5.92 Å². The van der Waals surface area contributed by atoms with Gasteiger partial charge in [-0.05, 0) is 25.2 Å². The number of hydrogen-bond donors (Lipinski definition) is 1. The summed E-state index contributed by atoms with van der Waals surface area (Å²) >= 11 is 0. The van der Waals surface area contributed by atoms with Gasteiger partial charge in [-0.15, -0.1) is 0 Å². The van der Waals surface area contributed by atoms with Crippen molar-refractivity contribution in [1.29, 1.82) is 0 Å². The number of anilines is 1. The molecule has 0 bridgehead atoms. The molecule has 0 amide bonds. The molecular weight excluding hydrogens is 222 g/mol. The van der Waals surface area contributed by atoms with Crippen molar-refractivity contribution in [2.45, 2.75) is 65.7 Å². The van der Waals surface area contributed by atoms with Gasteiger partial charge in [-0.2, -0.15) is 5.10 Å². The number of aromatic nitrogens is 2. The van der Waals surface area contributed by atoms with Crippen LogP contribution in [0.5, 0.6) is 0 Å². The molecule has 0 aliphatic carbocycles. The molecule has 0 radical (unpaired) electrons. The van der Waals surface area contributed by atoms with Crippen molar-refractivity contribution < 1.29 is 0 Å². The lowest BCUT2D eigenvalue weighted by atomic mass is 9.90. The molecule has 1 atom stereocenters. The molecule has 0 fully saturated rings. The number of rotatable bonds is 7. The zero-order valence-corrected chi connectivity index (χ0v) is 12.7. The quantitative estimate of drug-likeness (QED) is 0.799. The zero-order valence-electron chi connectivity index (χ0n) is 12.7. The smallest absolute Gasteiger partial charge is 0.124 e. The van der Waals surface area contributed by atoms with Crippen LogP contribution in [-0.2, 0) is 13.5 Å². The van der Waals surface area contributed by atoms with E-state index in [4.69, 9.17) is 5.73 Å². The summed E-state index contributed by atoms with van der Waals surface area (Å²) in [7, 11) is 1.95. The second-order valence-corrected chi connectivity index (χ2v) is 5.72. The Bertz CT molecular complexity index is 366. The molecule has 1 rings (SSSR count). The van der Waals surface area contributed by atoms with E-state index in [1.807, 2.05) is 11.7 Å². The lowest BCUT2D eigenvalue weighted by Crippen LogP contribution is -2.05. The monoisotopic (exact) mass is 251 g/mol. The molecule has 1 heterocycles. The summed E-state index contributed by atoms with van der Waals surface area (Å²) in [4.78, 5) is 0. The van der Waals surface area contributed by atoms with Crippen LogP contribution >= 0.6 is 0 Å². The summed E-state index contributed by atoms with van der Waals surface area (Å²) in [6.07, 6.45) is 5.95. The van der Waals surface area contributed by atoms with Crippen LogP contribution in [-0.4, -0.2) is 9.78 Å². The van der Waals surface area contributed by atoms with Crippen LogP contribution in [0.3, 0.4) is 0 Å². The van der Waals surface area contributed by atoms with Crippen LogP contribution in [0.25, 0.3) is 0 Å². The SMILES string of the molecule is CCCCC(CC)c1nn(C)c(N)c1CC(C)C. The van der Waals surface area contributed by atoms with Gasteiger partial charge in [0.1, 0.15) is 5.82 Å². The minimum Gasteiger partial charge on any atom is -0.384 e. The summed E-state index contributed by atoms with van der Waals surface area (Å²) < 4.78 is 1.85. The van der Waals surface area contributed by atoms with Gasteiger partial charge in [-0.25, -0.2) is 0 Å². The van der Waals surface area contributed by atoms with E-state index in [1.54, 1.807) is 0 Å². The molecular formula is C15H29N3. The first-order chi connectivity index (χ1) is 8.51. The molecule has 0 spiro atoms. The highest BCUT2D eigenvalue weighted by molar-refractivity contribution is 5.45. The van der Waals surface area contributed by atoms with E-state index in [2.05, 4.69) is 32.8 Å². The molecule has 3 heteroatoms. The van der Waals surface area contributed by atoms with Crippen molar-refractivity contribution in [3.8, 4) is 0 Å². The van der Waals surface area contributed by atoms with Gasteiger partial charge in [0.15, 0.2) is 0 Å². The Morgan fingerprint density at radius 1 is 1.28 bits per heavy atom. The van der Waals surface area contributed by atoms with Crippen molar-refractivity contribution in [2.24, 2.45) is 13.0 Å². The highest BCUT2D eigenvalue weighted by Gasteiger charge is 2.21. The first-order valence-corrected chi connectivity index (χ1v) is 7.32. The second-order valence-electron chi connectivity index (χ2n) is 5.72. The van der Waals surface area contributed by atoms with Gasteiger partial charge in [0.2, 0.25) is 0 Å². The van der Waals surface area contributed by atoms with Gasteiger partial charge in [0, 0.05) is 18.5 Å². The molecule has 104 valence electrons. The number of nitrogens with two attached hydrogens (primary N) is 1. The third-order valence-corrected chi connectivity index (χ3v) is 3.62. The molecule has 18 heavy (non-hydrogen) atoms. The maximum atomic E-state index is 6.17. The van der Waals surface area contributed by atoms with Crippen LogP contribution in [0.1, 0.15) is 70.6 Å². The molecule has 3 nitrogen and oxygen atoms in total. The summed E-state index contributed by atoms with van der Waals surface area (Å²) in [6, 6.07) is 0. The predicted molar refractivity (Wildman–Crippen MR) is 78.7 cm³/mol. The third-order valence-electron chi connectivity index (χ3n) is 3.62. The Balaban J connectivity index is 3.01. The normalized spacial score (nSPS) is 13.2. The maximum Gasteiger partial charge on any atom is 0.124 e. The van der Waals surface area contributed by atoms with E-state index in [9.17, 15) is 0 Å². The Morgan fingerprint density at radius 3 is 2.44 bits per heavy atom. The largest absolute Gasteiger partial charge is 0.384 e. The Hall–Kier alpha value is -0.990. The Labute approximate surface area is 112 Å². The molecule has 0 saturated heterocycles. The molecule has 1 aromatic heterocycles. The van der Waals surface area contributed by atoms with Crippen molar-refractivity contribution >= 4 is 5.82 Å². The Morgan fingerprint density at radius 2 is 1.94 bits per heavy atom. The average Bonchev–Trinajstić information content (AvgIpc) is 2.58. The first kappa shape index (κ1) is 15.1. The minimum atomic E-state index is 0.571.